The van der Waals surface area contributed by atoms with Gasteiger partial charge in [0.2, 0.25) is 5.88 Å². The van der Waals surface area contributed by atoms with E-state index in [1.54, 1.807) is 17.7 Å². The molecule has 5 nitrogen and oxygen atoms in total. The number of hydrogen-bond donors (Lipinski definition) is 0. The van der Waals surface area contributed by atoms with Crippen molar-refractivity contribution in [1.82, 2.24) is 15.0 Å². The predicted molar refractivity (Wildman–Crippen MR) is 107 cm³/mol. The minimum Gasteiger partial charge on any atom is -0.477 e. The Morgan fingerprint density at radius 3 is 2.65 bits per heavy atom. The first-order valence-corrected chi connectivity index (χ1v) is 10.6. The van der Waals surface area contributed by atoms with Gasteiger partial charge in [0.15, 0.2) is 0 Å². The molecular formula is C20H24N4OS. The second-order valence-electron chi connectivity index (χ2n) is 7.22. The van der Waals surface area contributed by atoms with Crippen molar-refractivity contribution in [3.63, 3.8) is 0 Å². The van der Waals surface area contributed by atoms with Crippen molar-refractivity contribution in [2.24, 2.45) is 0 Å². The summed E-state index contributed by atoms with van der Waals surface area (Å²) in [4.78, 5) is 17.8. The van der Waals surface area contributed by atoms with Crippen molar-refractivity contribution in [2.75, 3.05) is 24.6 Å². The van der Waals surface area contributed by atoms with Crippen LogP contribution in [0, 0.1) is 0 Å². The van der Waals surface area contributed by atoms with Crippen LogP contribution in [0.5, 0.6) is 5.88 Å². The van der Waals surface area contributed by atoms with Crippen LogP contribution in [0.2, 0.25) is 0 Å². The maximum absolute atomic E-state index is 5.76. The molecule has 3 aromatic heterocycles. The molecule has 3 aromatic rings. The average Bonchev–Trinajstić information content (AvgIpc) is 3.08. The predicted octanol–water partition coefficient (Wildman–Crippen LogP) is 4.51. The summed E-state index contributed by atoms with van der Waals surface area (Å²) >= 11 is 1.69. The van der Waals surface area contributed by atoms with Gasteiger partial charge in [-0.2, -0.15) is 0 Å². The molecule has 0 bridgehead atoms. The number of pyridine rings is 1. The van der Waals surface area contributed by atoms with Crippen LogP contribution >= 0.6 is 11.3 Å². The summed E-state index contributed by atoms with van der Waals surface area (Å²) < 4.78 is 6.80. The standard InChI is InChI=1S/C20H24N4OS/c1-2-25-19-17-16(21-12-22-19)15-13-8-4-5-9-14(13)18(23-20(15)26-17)24-10-6-3-7-11-24/h12H,2-11H2,1H3. The van der Waals surface area contributed by atoms with E-state index in [0.29, 0.717) is 12.5 Å². The summed E-state index contributed by atoms with van der Waals surface area (Å²) in [5, 5.41) is 1.25. The minimum atomic E-state index is 0.616. The van der Waals surface area contributed by atoms with Crippen molar-refractivity contribution in [2.45, 2.75) is 51.9 Å². The maximum atomic E-state index is 5.76. The third-order valence-corrected chi connectivity index (χ3v) is 6.67. The molecule has 0 amide bonds. The first kappa shape index (κ1) is 16.2. The van der Waals surface area contributed by atoms with Gasteiger partial charge in [-0.3, -0.25) is 0 Å². The van der Waals surface area contributed by atoms with Gasteiger partial charge in [-0.1, -0.05) is 0 Å². The van der Waals surface area contributed by atoms with E-state index >= 15 is 0 Å². The molecule has 5 rings (SSSR count). The summed E-state index contributed by atoms with van der Waals surface area (Å²) in [7, 11) is 0. The lowest BCUT2D eigenvalue weighted by Gasteiger charge is -2.31. The third kappa shape index (κ3) is 2.54. The van der Waals surface area contributed by atoms with Gasteiger partial charge >= 0.3 is 0 Å². The number of nitrogens with zero attached hydrogens (tertiary/aromatic N) is 4. The van der Waals surface area contributed by atoms with Crippen molar-refractivity contribution in [3.05, 3.63) is 17.5 Å². The molecule has 0 atom stereocenters. The van der Waals surface area contributed by atoms with Gasteiger partial charge in [-0.05, 0) is 63.0 Å². The zero-order chi connectivity index (χ0) is 17.5. The number of fused-ring (bicyclic) bond motifs is 5. The van der Waals surface area contributed by atoms with Crippen molar-refractivity contribution in [1.29, 1.82) is 0 Å². The number of rotatable bonds is 3. The Balaban J connectivity index is 1.77. The van der Waals surface area contributed by atoms with Gasteiger partial charge in [0.05, 0.1) is 12.1 Å². The van der Waals surface area contributed by atoms with Crippen LogP contribution in [0.1, 0.15) is 50.2 Å². The molecule has 0 aromatic carbocycles. The highest BCUT2D eigenvalue weighted by atomic mass is 32.1. The number of hydrogen-bond acceptors (Lipinski definition) is 6. The lowest BCUT2D eigenvalue weighted by Crippen LogP contribution is -2.31. The Hall–Kier alpha value is -1.95. The monoisotopic (exact) mass is 368 g/mol. The van der Waals surface area contributed by atoms with E-state index in [0.717, 1.165) is 41.0 Å². The molecule has 2 aliphatic rings. The van der Waals surface area contributed by atoms with Gasteiger partial charge in [0.1, 0.15) is 21.7 Å². The van der Waals surface area contributed by atoms with Crippen molar-refractivity contribution >= 4 is 37.6 Å². The summed E-state index contributed by atoms with van der Waals surface area (Å²) in [5.41, 5.74) is 3.98. The Bertz CT molecular complexity index is 961. The number of aryl methyl sites for hydroxylation is 1. The molecule has 4 heterocycles. The van der Waals surface area contributed by atoms with E-state index in [4.69, 9.17) is 9.72 Å². The first-order valence-electron chi connectivity index (χ1n) is 9.83. The molecular weight excluding hydrogens is 344 g/mol. The Kier molecular flexibility index (Phi) is 4.15. The van der Waals surface area contributed by atoms with Crippen LogP contribution in [0.25, 0.3) is 20.4 Å². The minimum absolute atomic E-state index is 0.616. The Morgan fingerprint density at radius 1 is 1.04 bits per heavy atom. The highest BCUT2D eigenvalue weighted by Crippen LogP contribution is 2.43. The van der Waals surface area contributed by atoms with E-state index in [1.165, 1.54) is 54.4 Å². The highest BCUT2D eigenvalue weighted by Gasteiger charge is 2.26. The summed E-state index contributed by atoms with van der Waals surface area (Å²) in [6.45, 7) is 4.89. The van der Waals surface area contributed by atoms with Gasteiger partial charge in [-0.15, -0.1) is 11.3 Å². The lowest BCUT2D eigenvalue weighted by molar-refractivity contribution is 0.331. The SMILES string of the molecule is CCOc1ncnc2c1sc1nc(N3CCCCC3)c3c(c12)CCCC3. The number of aromatic nitrogens is 3. The van der Waals surface area contributed by atoms with E-state index in [1.807, 2.05) is 6.92 Å². The largest absolute Gasteiger partial charge is 0.477 e. The fraction of sp³-hybridized carbons (Fsp3) is 0.550. The second-order valence-corrected chi connectivity index (χ2v) is 8.22. The molecule has 0 spiro atoms. The van der Waals surface area contributed by atoms with E-state index in [9.17, 15) is 0 Å². The van der Waals surface area contributed by atoms with Gasteiger partial charge in [-0.25, -0.2) is 15.0 Å². The fourth-order valence-electron chi connectivity index (χ4n) is 4.43. The highest BCUT2D eigenvalue weighted by molar-refractivity contribution is 7.25. The second kappa shape index (κ2) is 6.65. The van der Waals surface area contributed by atoms with Crippen LogP contribution in [0.3, 0.4) is 0 Å². The normalized spacial score (nSPS) is 17.7. The maximum Gasteiger partial charge on any atom is 0.234 e. The topological polar surface area (TPSA) is 51.1 Å². The number of piperidine rings is 1. The van der Waals surface area contributed by atoms with Gasteiger partial charge in [0.25, 0.3) is 0 Å². The van der Waals surface area contributed by atoms with Crippen LogP contribution < -0.4 is 9.64 Å². The molecule has 0 unspecified atom stereocenters. The average molecular weight is 369 g/mol. The summed E-state index contributed by atoms with van der Waals surface area (Å²) in [5.74, 6) is 1.94. The van der Waals surface area contributed by atoms with Crippen LogP contribution in [0.15, 0.2) is 6.33 Å². The number of anilines is 1. The van der Waals surface area contributed by atoms with Crippen molar-refractivity contribution in [3.8, 4) is 5.88 Å². The Morgan fingerprint density at radius 2 is 1.85 bits per heavy atom. The third-order valence-electron chi connectivity index (χ3n) is 5.60. The quantitative estimate of drug-likeness (QED) is 0.681. The molecule has 0 saturated carbocycles. The molecule has 1 aliphatic carbocycles. The van der Waals surface area contributed by atoms with Crippen molar-refractivity contribution < 1.29 is 4.74 Å². The van der Waals surface area contributed by atoms with E-state index in [-0.39, 0.29) is 0 Å². The number of thiophene rings is 1. The van der Waals surface area contributed by atoms with Gasteiger partial charge < -0.3 is 9.64 Å². The lowest BCUT2D eigenvalue weighted by atomic mass is 9.89. The summed E-state index contributed by atoms with van der Waals surface area (Å²) in [6, 6.07) is 0. The molecule has 1 saturated heterocycles. The van der Waals surface area contributed by atoms with Crippen LogP contribution in [0.4, 0.5) is 5.82 Å². The molecule has 0 radical (unpaired) electrons. The van der Waals surface area contributed by atoms with E-state index in [2.05, 4.69) is 14.9 Å². The zero-order valence-corrected chi connectivity index (χ0v) is 16.1. The molecule has 6 heteroatoms. The fourth-order valence-corrected chi connectivity index (χ4v) is 5.52. The Labute approximate surface area is 157 Å². The van der Waals surface area contributed by atoms with Gasteiger partial charge in [0, 0.05) is 18.5 Å². The molecule has 1 fully saturated rings. The van der Waals surface area contributed by atoms with E-state index < -0.39 is 0 Å². The summed E-state index contributed by atoms with van der Waals surface area (Å²) in [6.07, 6.45) is 10.3. The molecule has 0 N–H and O–H groups in total. The molecule has 136 valence electrons. The zero-order valence-electron chi connectivity index (χ0n) is 15.3. The van der Waals surface area contributed by atoms with Crippen LogP contribution in [-0.2, 0) is 12.8 Å². The molecule has 1 aliphatic heterocycles. The first-order chi connectivity index (χ1) is 12.9. The smallest absolute Gasteiger partial charge is 0.234 e. The molecule has 26 heavy (non-hydrogen) atoms. The number of ether oxygens (including phenoxy) is 1. The van der Waals surface area contributed by atoms with Crippen LogP contribution in [-0.4, -0.2) is 34.6 Å².